The monoisotopic (exact) mass is 361 g/mol. The van der Waals surface area contributed by atoms with Crippen LogP contribution in [0.1, 0.15) is 32.1 Å². The maximum absolute atomic E-state index is 12.6. The Morgan fingerprint density at radius 1 is 1.22 bits per heavy atom. The van der Waals surface area contributed by atoms with E-state index in [0.717, 1.165) is 19.3 Å². The molecule has 0 aromatic heterocycles. The fraction of sp³-hybridized carbons (Fsp3) is 0.533. The number of hydrogen-bond acceptors (Lipinski definition) is 4. The molecule has 0 radical (unpaired) electrons. The molecule has 1 heterocycles. The molecule has 3 N–H and O–H groups in total. The maximum Gasteiger partial charge on any atom is 0.243 e. The van der Waals surface area contributed by atoms with E-state index < -0.39 is 10.0 Å². The van der Waals surface area contributed by atoms with Gasteiger partial charge in [0, 0.05) is 25.2 Å². The maximum atomic E-state index is 12.6. The number of piperidine rings is 1. The molecule has 8 heteroatoms. The molecule has 1 aromatic carbocycles. The van der Waals surface area contributed by atoms with E-state index in [0.29, 0.717) is 38.2 Å². The van der Waals surface area contributed by atoms with Gasteiger partial charge in [0.1, 0.15) is 0 Å². The van der Waals surface area contributed by atoms with Crippen molar-refractivity contribution < 1.29 is 13.2 Å². The molecule has 1 amide bonds. The standard InChI is InChI=1S/C15H23N3O3S.ClH/c16-9-5-8-15(19)17-13-6-4-7-14(12-13)22(20,21)18-10-2-1-3-11-18;/h4,6-7,12H,1-3,5,8-11,16H2,(H,17,19);1H. The van der Waals surface area contributed by atoms with Crippen LogP contribution >= 0.6 is 12.4 Å². The second kappa shape index (κ2) is 9.22. The van der Waals surface area contributed by atoms with Crippen LogP contribution in [0.15, 0.2) is 29.2 Å². The van der Waals surface area contributed by atoms with E-state index in [4.69, 9.17) is 5.73 Å². The van der Waals surface area contributed by atoms with Gasteiger partial charge in [-0.1, -0.05) is 12.5 Å². The quantitative estimate of drug-likeness (QED) is 0.810. The topological polar surface area (TPSA) is 92.5 Å². The predicted octanol–water partition coefficient (Wildman–Crippen LogP) is 1.96. The highest BCUT2D eigenvalue weighted by atomic mass is 35.5. The molecule has 1 saturated heterocycles. The average Bonchev–Trinajstić information content (AvgIpc) is 2.54. The van der Waals surface area contributed by atoms with Crippen LogP contribution in [0.4, 0.5) is 5.69 Å². The van der Waals surface area contributed by atoms with E-state index >= 15 is 0 Å². The third-order valence-electron chi connectivity index (χ3n) is 3.68. The number of benzene rings is 1. The SMILES string of the molecule is Cl.NCCCC(=O)Nc1cccc(S(=O)(=O)N2CCCCC2)c1. The highest BCUT2D eigenvalue weighted by Gasteiger charge is 2.26. The van der Waals surface area contributed by atoms with Crippen LogP contribution < -0.4 is 11.1 Å². The van der Waals surface area contributed by atoms with Gasteiger partial charge in [-0.2, -0.15) is 4.31 Å². The van der Waals surface area contributed by atoms with Crippen molar-refractivity contribution in [1.82, 2.24) is 4.31 Å². The van der Waals surface area contributed by atoms with Crippen molar-refractivity contribution in [2.45, 2.75) is 37.0 Å². The third kappa shape index (κ3) is 5.46. The lowest BCUT2D eigenvalue weighted by Gasteiger charge is -2.26. The van der Waals surface area contributed by atoms with E-state index in [1.54, 1.807) is 18.2 Å². The van der Waals surface area contributed by atoms with E-state index in [1.165, 1.54) is 10.4 Å². The van der Waals surface area contributed by atoms with Gasteiger partial charge in [0.2, 0.25) is 15.9 Å². The summed E-state index contributed by atoms with van der Waals surface area (Å²) in [6.45, 7) is 1.58. The molecule has 2 rings (SSSR count). The Morgan fingerprint density at radius 3 is 2.57 bits per heavy atom. The highest BCUT2D eigenvalue weighted by Crippen LogP contribution is 2.22. The van der Waals surface area contributed by atoms with Gasteiger partial charge < -0.3 is 11.1 Å². The molecular weight excluding hydrogens is 338 g/mol. The van der Waals surface area contributed by atoms with Gasteiger partial charge in [-0.25, -0.2) is 8.42 Å². The molecule has 23 heavy (non-hydrogen) atoms. The predicted molar refractivity (Wildman–Crippen MR) is 93.2 cm³/mol. The summed E-state index contributed by atoms with van der Waals surface area (Å²) in [7, 11) is -3.48. The number of amides is 1. The number of carbonyl (C=O) groups is 1. The lowest BCUT2D eigenvalue weighted by atomic mass is 10.2. The van der Waals surface area contributed by atoms with Crippen LogP contribution in [-0.4, -0.2) is 38.3 Å². The second-order valence-corrected chi connectivity index (χ2v) is 7.37. The fourth-order valence-electron chi connectivity index (χ4n) is 2.47. The van der Waals surface area contributed by atoms with Crippen molar-refractivity contribution >= 4 is 34.0 Å². The smallest absolute Gasteiger partial charge is 0.243 e. The minimum atomic E-state index is -3.48. The number of nitrogens with one attached hydrogen (secondary N) is 1. The molecule has 0 unspecified atom stereocenters. The fourth-order valence-corrected chi connectivity index (χ4v) is 4.04. The molecule has 0 atom stereocenters. The summed E-state index contributed by atoms with van der Waals surface area (Å²) in [6.07, 6.45) is 3.81. The van der Waals surface area contributed by atoms with Crippen molar-refractivity contribution in [3.8, 4) is 0 Å². The number of hydrogen-bond donors (Lipinski definition) is 2. The number of sulfonamides is 1. The normalized spacial score (nSPS) is 15.7. The van der Waals surface area contributed by atoms with Crippen LogP contribution in [-0.2, 0) is 14.8 Å². The van der Waals surface area contributed by atoms with Crippen molar-refractivity contribution in [1.29, 1.82) is 0 Å². The summed E-state index contributed by atoms with van der Waals surface area (Å²) < 4.78 is 26.7. The van der Waals surface area contributed by atoms with Gasteiger partial charge in [-0.15, -0.1) is 12.4 Å². The molecule has 1 aromatic rings. The molecule has 1 aliphatic heterocycles. The summed E-state index contributed by atoms with van der Waals surface area (Å²) in [6, 6.07) is 6.43. The van der Waals surface area contributed by atoms with Gasteiger partial charge in [-0.05, 0) is 44.0 Å². The summed E-state index contributed by atoms with van der Waals surface area (Å²) in [4.78, 5) is 11.9. The van der Waals surface area contributed by atoms with Crippen molar-refractivity contribution in [2.75, 3.05) is 25.0 Å². The van der Waals surface area contributed by atoms with E-state index in [2.05, 4.69) is 5.32 Å². The Bertz CT molecular complexity index is 616. The molecule has 0 bridgehead atoms. The first-order valence-electron chi connectivity index (χ1n) is 7.64. The molecular formula is C15H24ClN3O3S. The van der Waals surface area contributed by atoms with Crippen molar-refractivity contribution in [2.24, 2.45) is 5.73 Å². The number of carbonyl (C=O) groups excluding carboxylic acids is 1. The first-order chi connectivity index (χ1) is 10.5. The molecule has 1 aliphatic rings. The van der Waals surface area contributed by atoms with Gasteiger partial charge in [0.25, 0.3) is 0 Å². The molecule has 0 saturated carbocycles. The lowest BCUT2D eigenvalue weighted by molar-refractivity contribution is -0.116. The van der Waals surface area contributed by atoms with E-state index in [-0.39, 0.29) is 23.2 Å². The molecule has 6 nitrogen and oxygen atoms in total. The van der Waals surface area contributed by atoms with Gasteiger partial charge in [0.15, 0.2) is 0 Å². The van der Waals surface area contributed by atoms with Crippen molar-refractivity contribution in [3.05, 3.63) is 24.3 Å². The minimum Gasteiger partial charge on any atom is -0.330 e. The summed E-state index contributed by atoms with van der Waals surface area (Å²) in [5.74, 6) is -0.155. The summed E-state index contributed by atoms with van der Waals surface area (Å²) in [5.41, 5.74) is 5.87. The van der Waals surface area contributed by atoms with Crippen LogP contribution in [0.3, 0.4) is 0 Å². The zero-order valence-corrected chi connectivity index (χ0v) is 14.7. The number of nitrogens with two attached hydrogens (primary N) is 1. The van der Waals surface area contributed by atoms with E-state index in [1.807, 2.05) is 0 Å². The first-order valence-corrected chi connectivity index (χ1v) is 9.08. The van der Waals surface area contributed by atoms with Crippen LogP contribution in [0.25, 0.3) is 0 Å². The minimum absolute atomic E-state index is 0. The van der Waals surface area contributed by atoms with Crippen LogP contribution in [0.2, 0.25) is 0 Å². The van der Waals surface area contributed by atoms with Gasteiger partial charge in [0.05, 0.1) is 4.90 Å². The highest BCUT2D eigenvalue weighted by molar-refractivity contribution is 7.89. The Hall–Kier alpha value is -1.15. The summed E-state index contributed by atoms with van der Waals surface area (Å²) in [5, 5.41) is 2.71. The molecule has 1 fully saturated rings. The average molecular weight is 362 g/mol. The van der Waals surface area contributed by atoms with E-state index in [9.17, 15) is 13.2 Å². The zero-order valence-electron chi connectivity index (χ0n) is 13.0. The molecule has 0 spiro atoms. The Balaban J connectivity index is 0.00000264. The lowest BCUT2D eigenvalue weighted by Crippen LogP contribution is -2.35. The molecule has 130 valence electrons. The number of halogens is 1. The second-order valence-electron chi connectivity index (χ2n) is 5.43. The Labute approximate surface area is 143 Å². The molecule has 0 aliphatic carbocycles. The number of rotatable bonds is 6. The zero-order chi connectivity index (χ0) is 16.0. The Morgan fingerprint density at radius 2 is 1.91 bits per heavy atom. The Kier molecular flexibility index (Phi) is 7.98. The largest absolute Gasteiger partial charge is 0.330 e. The number of nitrogens with zero attached hydrogens (tertiary/aromatic N) is 1. The first kappa shape index (κ1) is 19.9. The van der Waals surface area contributed by atoms with Crippen LogP contribution in [0.5, 0.6) is 0 Å². The van der Waals surface area contributed by atoms with Gasteiger partial charge in [-0.3, -0.25) is 4.79 Å². The summed E-state index contributed by atoms with van der Waals surface area (Å²) >= 11 is 0. The van der Waals surface area contributed by atoms with Gasteiger partial charge >= 0.3 is 0 Å². The number of anilines is 1. The van der Waals surface area contributed by atoms with Crippen LogP contribution in [0, 0.1) is 0 Å². The van der Waals surface area contributed by atoms with Crippen molar-refractivity contribution in [3.63, 3.8) is 0 Å². The third-order valence-corrected chi connectivity index (χ3v) is 5.57.